The number of hydrogen-bond acceptors (Lipinski definition) is 7. The summed E-state index contributed by atoms with van der Waals surface area (Å²) in [5, 5.41) is 10.0. The summed E-state index contributed by atoms with van der Waals surface area (Å²) < 4.78 is 96.6. The van der Waals surface area contributed by atoms with Gasteiger partial charge in [-0.15, -0.1) is 0 Å². The fraction of sp³-hybridized carbons (Fsp3) is 0.179. The lowest BCUT2D eigenvalue weighted by Gasteiger charge is -2.10. The molecule has 0 spiro atoms. The molecule has 4 aromatic rings. The monoisotopic (exact) mass is 746 g/mol. The Morgan fingerprint density at radius 3 is 1.54 bits per heavy atom. The smallest absolute Gasteiger partial charge is 0.416 e. The van der Waals surface area contributed by atoms with E-state index in [0.29, 0.717) is 57.7 Å². The Balaban J connectivity index is 0.000000168. The van der Waals surface area contributed by atoms with Crippen LogP contribution in [0.25, 0.3) is 67.1 Å². The van der Waals surface area contributed by atoms with Crippen molar-refractivity contribution in [3.8, 4) is 45.2 Å². The molecular weight excluding hydrogens is 718 g/mol. The highest BCUT2D eigenvalue weighted by molar-refractivity contribution is 5.98. The van der Waals surface area contributed by atoms with E-state index >= 15 is 0 Å². The van der Waals surface area contributed by atoms with Gasteiger partial charge in [-0.2, -0.15) is 36.5 Å². The zero-order valence-electron chi connectivity index (χ0n) is 28.5. The van der Waals surface area contributed by atoms with Gasteiger partial charge in [0, 0.05) is 35.6 Å². The fourth-order valence-corrected chi connectivity index (χ4v) is 6.04. The van der Waals surface area contributed by atoms with Crippen LogP contribution in [0, 0.1) is 0 Å². The average molecular weight is 747 g/mol. The second kappa shape index (κ2) is 14.0. The number of aromatic nitrogens is 4. The molecule has 0 fully saturated rings. The Labute approximate surface area is 301 Å². The van der Waals surface area contributed by atoms with Crippen LogP contribution in [0.3, 0.4) is 0 Å². The highest BCUT2D eigenvalue weighted by atomic mass is 19.4. The molecule has 0 saturated heterocycles. The zero-order chi connectivity index (χ0) is 38.4. The van der Waals surface area contributed by atoms with Gasteiger partial charge in [-0.3, -0.25) is 9.59 Å². The number of nitrogens with zero attached hydrogens (tertiary/aromatic N) is 4. The first-order valence-corrected chi connectivity index (χ1v) is 16.5. The lowest BCUT2D eigenvalue weighted by atomic mass is 10.0. The van der Waals surface area contributed by atoms with Gasteiger partial charge in [-0.1, -0.05) is 48.5 Å². The van der Waals surface area contributed by atoms with Crippen molar-refractivity contribution in [2.75, 3.05) is 13.2 Å². The molecule has 4 heterocycles. The Kier molecular flexibility index (Phi) is 9.35. The molecule has 54 heavy (non-hydrogen) atoms. The topological polar surface area (TPSA) is 105 Å². The Bertz CT molecular complexity index is 2650. The average Bonchev–Trinajstić information content (AvgIpc) is 3.65. The van der Waals surface area contributed by atoms with Crippen LogP contribution >= 0.6 is 0 Å². The molecule has 0 unspecified atom stereocenters. The maximum absolute atomic E-state index is 13.0. The maximum Gasteiger partial charge on any atom is 0.416 e. The van der Waals surface area contributed by atoms with Crippen LogP contribution in [0.2, 0.25) is 0 Å². The largest absolute Gasteiger partial charge is 0.455 e. The number of fused-ring (bicyclic) bond motifs is 6. The molecule has 9 nitrogen and oxygen atoms in total. The molecule has 0 radical (unpaired) electrons. The van der Waals surface area contributed by atoms with E-state index < -0.39 is 23.5 Å². The minimum absolute atomic E-state index is 0.195. The molecule has 4 aliphatic heterocycles. The first-order chi connectivity index (χ1) is 25.8. The molecule has 0 N–H and O–H groups in total. The van der Waals surface area contributed by atoms with Crippen molar-refractivity contribution < 1.29 is 39.9 Å². The van der Waals surface area contributed by atoms with Crippen molar-refractivity contribution >= 4 is 21.9 Å². The summed E-state index contributed by atoms with van der Waals surface area (Å²) in [6.07, 6.45) is -8.87. The minimum Gasteiger partial charge on any atom is -0.455 e. The summed E-state index contributed by atoms with van der Waals surface area (Å²) in [6.45, 7) is 2.96. The molecule has 4 aliphatic rings. The number of para-hydroxylation sites is 2. The summed E-state index contributed by atoms with van der Waals surface area (Å²) >= 11 is 0. The SMILES string of the molecule is CCOCCn1nc2c3ccccc3oc(-c3ccc(C(F)(F)F)cc3)c-2c1=O.Cn1nc2c3ccccc3oc(-c3ccc(C(F)(F)F)cc3)c-2c1=O. The number of ether oxygens (including phenoxy) is 1. The highest BCUT2D eigenvalue weighted by Gasteiger charge is 2.32. The van der Waals surface area contributed by atoms with Crippen molar-refractivity contribution in [3.05, 3.63) is 129 Å². The van der Waals surface area contributed by atoms with Gasteiger partial charge in [-0.25, -0.2) is 9.36 Å². The van der Waals surface area contributed by atoms with Crippen LogP contribution in [-0.4, -0.2) is 32.8 Å². The second-order valence-electron chi connectivity index (χ2n) is 12.1. The number of rotatable bonds is 6. The molecule has 0 amide bonds. The van der Waals surface area contributed by atoms with Crippen molar-refractivity contribution in [3.63, 3.8) is 0 Å². The van der Waals surface area contributed by atoms with E-state index in [1.807, 2.05) is 6.92 Å². The summed E-state index contributed by atoms with van der Waals surface area (Å²) in [4.78, 5) is 25.4. The Hall–Kier alpha value is -6.22. The van der Waals surface area contributed by atoms with E-state index in [0.717, 1.165) is 24.3 Å². The third-order valence-corrected chi connectivity index (χ3v) is 8.66. The van der Waals surface area contributed by atoms with Crippen molar-refractivity contribution in [1.82, 2.24) is 19.6 Å². The van der Waals surface area contributed by atoms with Gasteiger partial charge in [0.25, 0.3) is 11.1 Å². The summed E-state index contributed by atoms with van der Waals surface area (Å²) in [5.74, 6) is 0.403. The first-order valence-electron chi connectivity index (χ1n) is 16.5. The highest BCUT2D eigenvalue weighted by Crippen LogP contribution is 2.40. The molecule has 4 aromatic carbocycles. The van der Waals surface area contributed by atoms with Crippen LogP contribution < -0.4 is 11.1 Å². The first kappa shape index (κ1) is 36.2. The van der Waals surface area contributed by atoms with Crippen molar-refractivity contribution in [1.29, 1.82) is 0 Å². The Morgan fingerprint density at radius 2 is 1.07 bits per heavy atom. The molecule has 0 saturated carbocycles. The molecule has 8 rings (SSSR count). The van der Waals surface area contributed by atoms with Crippen LogP contribution in [0.4, 0.5) is 26.3 Å². The molecule has 276 valence electrons. The molecular formula is C39H28F6N4O5. The van der Waals surface area contributed by atoms with Gasteiger partial charge in [0.15, 0.2) is 0 Å². The molecule has 15 heteroatoms. The van der Waals surface area contributed by atoms with Gasteiger partial charge in [0.1, 0.15) is 45.2 Å². The number of halogens is 6. The van der Waals surface area contributed by atoms with Gasteiger partial charge >= 0.3 is 12.4 Å². The number of alkyl halides is 6. The van der Waals surface area contributed by atoms with Gasteiger partial charge in [0.05, 0.1) is 24.3 Å². The summed E-state index contributed by atoms with van der Waals surface area (Å²) in [7, 11) is 1.52. The third-order valence-electron chi connectivity index (χ3n) is 8.66. The van der Waals surface area contributed by atoms with Crippen LogP contribution in [0.5, 0.6) is 0 Å². The van der Waals surface area contributed by atoms with Gasteiger partial charge in [0.2, 0.25) is 0 Å². The van der Waals surface area contributed by atoms with Crippen LogP contribution in [0.1, 0.15) is 18.1 Å². The predicted octanol–water partition coefficient (Wildman–Crippen LogP) is 9.13. The van der Waals surface area contributed by atoms with Gasteiger partial charge in [-0.05, 0) is 55.5 Å². The Morgan fingerprint density at radius 1 is 0.630 bits per heavy atom. The fourth-order valence-electron chi connectivity index (χ4n) is 6.04. The van der Waals surface area contributed by atoms with E-state index in [1.165, 1.54) is 40.7 Å². The molecule has 0 aliphatic carbocycles. The minimum atomic E-state index is -4.44. The van der Waals surface area contributed by atoms with Gasteiger partial charge < -0.3 is 13.6 Å². The quantitative estimate of drug-likeness (QED) is 0.123. The van der Waals surface area contributed by atoms with E-state index in [9.17, 15) is 35.9 Å². The third kappa shape index (κ3) is 6.73. The lowest BCUT2D eigenvalue weighted by Crippen LogP contribution is -2.20. The summed E-state index contributed by atoms with van der Waals surface area (Å²) in [5.41, 5.74) is 0.878. The van der Waals surface area contributed by atoms with Crippen LogP contribution in [0.15, 0.2) is 115 Å². The lowest BCUT2D eigenvalue weighted by molar-refractivity contribution is -0.138. The van der Waals surface area contributed by atoms with Crippen molar-refractivity contribution in [2.24, 2.45) is 7.05 Å². The maximum atomic E-state index is 13.0. The van der Waals surface area contributed by atoms with E-state index in [-0.39, 0.29) is 40.3 Å². The van der Waals surface area contributed by atoms with Crippen LogP contribution in [-0.2, 0) is 30.7 Å². The standard InChI is InChI=1S/C21H17F3N2O3.C18H11F3N2O2/c1-2-28-12-11-26-20(27)17-18(25-26)15-5-3-4-6-16(15)29-19(17)13-7-9-14(10-8-13)21(22,23)24;1-23-17(24)14-15(22-23)12-4-2-3-5-13(12)25-16(14)10-6-8-11(9-7-10)18(19,20)21/h3-10H,2,11-12H2,1H3;2-9H,1H3. The molecule has 0 atom stereocenters. The second-order valence-corrected chi connectivity index (χ2v) is 12.1. The number of hydrogen-bond donors (Lipinski definition) is 0. The number of benzene rings is 4. The number of aryl methyl sites for hydroxylation is 1. The summed E-state index contributed by atoms with van der Waals surface area (Å²) in [6, 6.07) is 23.2. The van der Waals surface area contributed by atoms with E-state index in [2.05, 4.69) is 10.2 Å². The molecule has 0 aromatic heterocycles. The predicted molar refractivity (Wildman–Crippen MR) is 188 cm³/mol. The normalized spacial score (nSPS) is 12.1. The zero-order valence-corrected chi connectivity index (χ0v) is 28.5. The molecule has 0 bridgehead atoms. The van der Waals surface area contributed by atoms with Crippen molar-refractivity contribution in [2.45, 2.75) is 25.8 Å². The van der Waals surface area contributed by atoms with E-state index in [1.54, 1.807) is 48.5 Å². The van der Waals surface area contributed by atoms with E-state index in [4.69, 9.17) is 13.6 Å².